The predicted molar refractivity (Wildman–Crippen MR) is 60.3 cm³/mol. The number of alkyl halides is 3. The van der Waals surface area contributed by atoms with Crippen molar-refractivity contribution in [3.63, 3.8) is 0 Å². The summed E-state index contributed by atoms with van der Waals surface area (Å²) in [6.07, 6.45) is -3.09. The van der Waals surface area contributed by atoms with E-state index in [1.807, 2.05) is 0 Å². The number of carbonyl (C=O) groups is 1. The molecule has 4 nitrogen and oxygen atoms in total. The van der Waals surface area contributed by atoms with Crippen LogP contribution in [0.1, 0.15) is 5.56 Å². The number of hydrogen-bond donors (Lipinski definition) is 2. The second-order valence-corrected chi connectivity index (χ2v) is 3.27. The number of guanidine groups is 1. The lowest BCUT2D eigenvalue weighted by Gasteiger charge is -2.21. The maximum atomic E-state index is 12.4. The van der Waals surface area contributed by atoms with E-state index in [1.54, 1.807) is 30.3 Å². The minimum atomic E-state index is -5.01. The smallest absolute Gasteiger partial charge is 0.369 e. The molecule has 0 unspecified atom stereocenters. The largest absolute Gasteiger partial charge is 0.494 e. The van der Waals surface area contributed by atoms with Gasteiger partial charge in [0.05, 0.1) is 0 Å². The molecule has 0 aliphatic rings. The monoisotopic (exact) mass is 257 g/mol. The molecule has 0 aromatic heterocycles. The highest BCUT2D eigenvalue weighted by Crippen LogP contribution is 2.21. The van der Waals surface area contributed by atoms with Gasteiger partial charge in [0.2, 0.25) is 5.96 Å². The predicted octanol–water partition coefficient (Wildman–Crippen LogP) is 1.94. The third-order valence-corrected chi connectivity index (χ3v) is 1.93. The highest BCUT2D eigenvalue weighted by atomic mass is 19.4. The summed E-state index contributed by atoms with van der Waals surface area (Å²) in [6, 6.07) is 8.33. The maximum absolute atomic E-state index is 12.4. The molecule has 0 saturated heterocycles. The zero-order chi connectivity index (χ0) is 13.8. The Balaban J connectivity index is 2.87. The fourth-order valence-electron chi connectivity index (χ4n) is 1.19. The van der Waals surface area contributed by atoms with Crippen molar-refractivity contribution in [2.75, 3.05) is 0 Å². The lowest BCUT2D eigenvalue weighted by Crippen LogP contribution is -2.49. The highest BCUT2D eigenvalue weighted by molar-refractivity contribution is 6.02. The second-order valence-electron chi connectivity index (χ2n) is 3.27. The summed E-state index contributed by atoms with van der Waals surface area (Å²) in [6.45, 7) is 0. The lowest BCUT2D eigenvalue weighted by atomic mass is 10.2. The Labute approximate surface area is 101 Å². The van der Waals surface area contributed by atoms with Gasteiger partial charge < -0.3 is 5.73 Å². The quantitative estimate of drug-likeness (QED) is 0.368. The van der Waals surface area contributed by atoms with E-state index in [0.29, 0.717) is 11.6 Å². The van der Waals surface area contributed by atoms with Crippen LogP contribution in [0.2, 0.25) is 0 Å². The molecule has 7 heteroatoms. The Morgan fingerprint density at radius 1 is 1.28 bits per heavy atom. The molecular formula is C11H10F3N3O. The van der Waals surface area contributed by atoms with Crippen LogP contribution in [0.4, 0.5) is 13.2 Å². The molecule has 0 atom stereocenters. The summed E-state index contributed by atoms with van der Waals surface area (Å²) < 4.78 is 37.2. The number of nitrogens with one attached hydrogen (secondary N) is 1. The van der Waals surface area contributed by atoms with Crippen molar-refractivity contribution in [1.82, 2.24) is 4.90 Å². The zero-order valence-corrected chi connectivity index (χ0v) is 9.11. The molecular weight excluding hydrogens is 247 g/mol. The van der Waals surface area contributed by atoms with E-state index < -0.39 is 23.1 Å². The van der Waals surface area contributed by atoms with Gasteiger partial charge in [-0.1, -0.05) is 30.3 Å². The van der Waals surface area contributed by atoms with Gasteiger partial charge in [-0.25, -0.2) is 0 Å². The SMILES string of the molecule is N=C(N)N(C(=O)C=Cc1ccccc1)C(F)(F)F. The van der Waals surface area contributed by atoms with Gasteiger partial charge in [0.15, 0.2) is 0 Å². The molecule has 0 heterocycles. The average molecular weight is 257 g/mol. The molecule has 0 bridgehead atoms. The molecule has 0 aliphatic carbocycles. The number of hydrogen-bond acceptors (Lipinski definition) is 2. The van der Waals surface area contributed by atoms with Gasteiger partial charge in [-0.3, -0.25) is 10.2 Å². The molecule has 1 amide bonds. The molecule has 3 N–H and O–H groups in total. The second kappa shape index (κ2) is 5.35. The molecule has 18 heavy (non-hydrogen) atoms. The van der Waals surface area contributed by atoms with Crippen molar-refractivity contribution in [2.24, 2.45) is 5.73 Å². The summed E-state index contributed by atoms with van der Waals surface area (Å²) in [4.78, 5) is 10.6. The van der Waals surface area contributed by atoms with Gasteiger partial charge in [0, 0.05) is 6.08 Å². The van der Waals surface area contributed by atoms with Gasteiger partial charge >= 0.3 is 6.30 Å². The Morgan fingerprint density at radius 2 is 1.83 bits per heavy atom. The van der Waals surface area contributed by atoms with Crippen LogP contribution in [0.5, 0.6) is 0 Å². The van der Waals surface area contributed by atoms with E-state index in [0.717, 1.165) is 0 Å². The minimum Gasteiger partial charge on any atom is -0.369 e. The first-order valence-electron chi connectivity index (χ1n) is 4.80. The minimum absolute atomic E-state index is 0.566. The van der Waals surface area contributed by atoms with Gasteiger partial charge in [-0.05, 0) is 11.6 Å². The number of halogens is 3. The normalized spacial score (nSPS) is 11.5. The molecule has 96 valence electrons. The van der Waals surface area contributed by atoms with Crippen LogP contribution in [-0.2, 0) is 4.79 Å². The van der Waals surface area contributed by atoms with Crippen LogP contribution in [0.3, 0.4) is 0 Å². The Bertz CT molecular complexity index is 468. The molecule has 0 radical (unpaired) electrons. The number of nitrogens with zero attached hydrogens (tertiary/aromatic N) is 1. The van der Waals surface area contributed by atoms with Gasteiger partial charge in [-0.2, -0.15) is 4.90 Å². The maximum Gasteiger partial charge on any atom is 0.494 e. The molecule has 1 rings (SSSR count). The van der Waals surface area contributed by atoms with Crippen LogP contribution in [0.15, 0.2) is 36.4 Å². The van der Waals surface area contributed by atoms with E-state index in [1.165, 1.54) is 6.08 Å². The Morgan fingerprint density at radius 3 is 2.28 bits per heavy atom. The molecule has 0 aliphatic heterocycles. The standard InChI is InChI=1S/C11H10F3N3O/c12-11(13,14)17(10(15)16)9(18)7-6-8-4-2-1-3-5-8/h1-7H,(H3,15,16). The van der Waals surface area contributed by atoms with Crippen molar-refractivity contribution in [3.05, 3.63) is 42.0 Å². The third kappa shape index (κ3) is 3.62. The van der Waals surface area contributed by atoms with E-state index in [2.05, 4.69) is 0 Å². The van der Waals surface area contributed by atoms with Gasteiger partial charge in [0.25, 0.3) is 5.91 Å². The average Bonchev–Trinajstić information content (AvgIpc) is 2.25. The van der Waals surface area contributed by atoms with Crippen molar-refractivity contribution < 1.29 is 18.0 Å². The molecule has 0 spiro atoms. The van der Waals surface area contributed by atoms with E-state index >= 15 is 0 Å². The van der Waals surface area contributed by atoms with Crippen LogP contribution in [0, 0.1) is 5.41 Å². The Hall–Kier alpha value is -2.31. The fourth-order valence-corrected chi connectivity index (χ4v) is 1.19. The van der Waals surface area contributed by atoms with Crippen LogP contribution < -0.4 is 5.73 Å². The summed E-state index contributed by atoms with van der Waals surface area (Å²) >= 11 is 0. The van der Waals surface area contributed by atoms with Gasteiger partial charge in [-0.15, -0.1) is 13.2 Å². The van der Waals surface area contributed by atoms with E-state index in [-0.39, 0.29) is 0 Å². The van der Waals surface area contributed by atoms with Crippen molar-refractivity contribution in [1.29, 1.82) is 5.41 Å². The van der Waals surface area contributed by atoms with Crippen molar-refractivity contribution >= 4 is 17.9 Å². The number of carbonyl (C=O) groups excluding carboxylic acids is 1. The number of rotatable bonds is 2. The lowest BCUT2D eigenvalue weighted by molar-refractivity contribution is -0.215. The first-order valence-corrected chi connectivity index (χ1v) is 4.80. The fraction of sp³-hybridized carbons (Fsp3) is 0.0909. The van der Waals surface area contributed by atoms with Crippen LogP contribution >= 0.6 is 0 Å². The summed E-state index contributed by atoms with van der Waals surface area (Å²) in [7, 11) is 0. The molecule has 0 saturated carbocycles. The third-order valence-electron chi connectivity index (χ3n) is 1.93. The molecule has 1 aromatic carbocycles. The summed E-state index contributed by atoms with van der Waals surface area (Å²) in [5.41, 5.74) is 5.29. The van der Waals surface area contributed by atoms with Crippen molar-refractivity contribution in [2.45, 2.75) is 6.30 Å². The first-order chi connectivity index (χ1) is 8.32. The topological polar surface area (TPSA) is 70.2 Å². The van der Waals surface area contributed by atoms with Crippen LogP contribution in [0.25, 0.3) is 6.08 Å². The number of amides is 1. The molecule has 0 fully saturated rings. The summed E-state index contributed by atoms with van der Waals surface area (Å²) in [5, 5.41) is 6.75. The zero-order valence-electron chi connectivity index (χ0n) is 9.11. The van der Waals surface area contributed by atoms with Gasteiger partial charge in [0.1, 0.15) is 0 Å². The van der Waals surface area contributed by atoms with Crippen molar-refractivity contribution in [3.8, 4) is 0 Å². The number of benzene rings is 1. The van der Waals surface area contributed by atoms with E-state index in [9.17, 15) is 18.0 Å². The highest BCUT2D eigenvalue weighted by Gasteiger charge is 2.42. The first kappa shape index (κ1) is 13.8. The summed E-state index contributed by atoms with van der Waals surface area (Å²) in [5.74, 6) is -2.79. The molecule has 1 aromatic rings. The van der Waals surface area contributed by atoms with Crippen LogP contribution in [-0.4, -0.2) is 23.1 Å². The van der Waals surface area contributed by atoms with E-state index in [4.69, 9.17) is 11.1 Å². The Kier molecular flexibility index (Phi) is 4.09. The number of nitrogens with two attached hydrogens (primary N) is 1.